The van der Waals surface area contributed by atoms with E-state index >= 15 is 0 Å². The van der Waals surface area contributed by atoms with E-state index in [0.29, 0.717) is 26.9 Å². The van der Waals surface area contributed by atoms with Gasteiger partial charge in [0.25, 0.3) is 0 Å². The number of amides is 3. The highest BCUT2D eigenvalue weighted by Gasteiger charge is 2.33. The highest BCUT2D eigenvalue weighted by atomic mass is 35.5. The standard InChI is InChI=1S/C22H21ClF3N3O7/c1-4-13-11-14(23)5-10-17(13)18(19(31)34-2)27-28(12-30)20(32)29(21(33)35-3)15-6-8-16(9-7-15)36-22(24,25)26/h5-11,30H,4,12H2,1-3H3/b27-18-. The van der Waals surface area contributed by atoms with Gasteiger partial charge in [0.05, 0.1) is 19.9 Å². The molecule has 0 radical (unpaired) electrons. The number of ether oxygens (including phenoxy) is 3. The number of hydrogen-bond acceptors (Lipinski definition) is 8. The lowest BCUT2D eigenvalue weighted by Gasteiger charge is -2.25. The van der Waals surface area contributed by atoms with Crippen molar-refractivity contribution in [2.45, 2.75) is 19.7 Å². The minimum atomic E-state index is -4.95. The topological polar surface area (TPSA) is 118 Å². The number of alkyl halides is 3. The maximum absolute atomic E-state index is 13.2. The van der Waals surface area contributed by atoms with Gasteiger partial charge in [-0.1, -0.05) is 24.6 Å². The molecular weight excluding hydrogens is 511 g/mol. The molecule has 2 rings (SSSR count). The second kappa shape index (κ2) is 12.2. The molecular formula is C22H21ClF3N3O7. The van der Waals surface area contributed by atoms with Crippen LogP contribution in [0, 0.1) is 0 Å². The molecule has 0 aliphatic heterocycles. The summed E-state index contributed by atoms with van der Waals surface area (Å²) in [5.41, 5.74) is 0.197. The Morgan fingerprint density at radius 1 is 1.06 bits per heavy atom. The van der Waals surface area contributed by atoms with Crippen LogP contribution in [0.5, 0.6) is 5.75 Å². The van der Waals surface area contributed by atoms with Crippen LogP contribution in [0.3, 0.4) is 0 Å². The van der Waals surface area contributed by atoms with E-state index in [2.05, 4.69) is 14.6 Å². The van der Waals surface area contributed by atoms with Crippen molar-refractivity contribution in [1.82, 2.24) is 5.01 Å². The fraction of sp³-hybridized carbons (Fsp3) is 0.273. The number of aliphatic hydroxyl groups is 1. The maximum atomic E-state index is 13.2. The third-order valence-electron chi connectivity index (χ3n) is 4.53. The van der Waals surface area contributed by atoms with Crippen molar-refractivity contribution < 1.29 is 46.9 Å². The van der Waals surface area contributed by atoms with Gasteiger partial charge >= 0.3 is 24.5 Å². The minimum Gasteiger partial charge on any atom is -0.464 e. The zero-order valence-electron chi connectivity index (χ0n) is 19.2. The van der Waals surface area contributed by atoms with Crippen molar-refractivity contribution >= 4 is 41.1 Å². The first kappa shape index (κ1) is 28.4. The molecule has 14 heteroatoms. The molecule has 0 spiro atoms. The molecule has 0 saturated heterocycles. The summed E-state index contributed by atoms with van der Waals surface area (Å²) < 4.78 is 50.4. The van der Waals surface area contributed by atoms with Gasteiger partial charge in [-0.05, 0) is 48.4 Å². The Bertz CT molecular complexity index is 1140. The summed E-state index contributed by atoms with van der Waals surface area (Å²) in [6, 6.07) is 6.90. The van der Waals surface area contributed by atoms with Gasteiger partial charge in [0.2, 0.25) is 0 Å². The molecule has 10 nitrogen and oxygen atoms in total. The average molecular weight is 532 g/mol. The number of hydrazone groups is 1. The van der Waals surface area contributed by atoms with E-state index in [-0.39, 0.29) is 17.0 Å². The molecule has 2 aromatic carbocycles. The van der Waals surface area contributed by atoms with E-state index < -0.39 is 36.9 Å². The summed E-state index contributed by atoms with van der Waals surface area (Å²) in [6.45, 7) is 0.682. The smallest absolute Gasteiger partial charge is 0.464 e. The molecule has 0 saturated carbocycles. The Balaban J connectivity index is 2.54. The number of hydrogen-bond donors (Lipinski definition) is 1. The lowest BCUT2D eigenvalue weighted by molar-refractivity contribution is -0.274. The van der Waals surface area contributed by atoms with Crippen LogP contribution in [-0.2, 0) is 20.7 Å². The SMILES string of the molecule is CCc1cc(Cl)ccc1/C(=N/N(CO)C(=O)N(C(=O)OC)c1ccc(OC(F)(F)F)cc1)C(=O)OC. The Morgan fingerprint density at radius 3 is 2.19 bits per heavy atom. The fourth-order valence-corrected chi connectivity index (χ4v) is 3.13. The van der Waals surface area contributed by atoms with Gasteiger partial charge in [-0.15, -0.1) is 13.2 Å². The van der Waals surface area contributed by atoms with Crippen LogP contribution < -0.4 is 9.64 Å². The number of imide groups is 1. The van der Waals surface area contributed by atoms with Gasteiger partial charge in [0.15, 0.2) is 5.71 Å². The number of rotatable bonds is 7. The van der Waals surface area contributed by atoms with E-state index in [4.69, 9.17) is 16.3 Å². The first-order chi connectivity index (χ1) is 16.9. The third kappa shape index (κ3) is 7.09. The normalized spacial score (nSPS) is 11.5. The molecule has 0 unspecified atom stereocenters. The Hall–Kier alpha value is -3.84. The number of anilines is 1. The first-order valence-corrected chi connectivity index (χ1v) is 10.4. The molecule has 2 aromatic rings. The first-order valence-electron chi connectivity index (χ1n) is 10.1. The second-order valence-corrected chi connectivity index (χ2v) is 7.20. The number of carbonyl (C=O) groups is 3. The van der Waals surface area contributed by atoms with Crippen molar-refractivity contribution in [3.05, 3.63) is 58.6 Å². The quantitative estimate of drug-likeness (QED) is 0.245. The van der Waals surface area contributed by atoms with Crippen LogP contribution in [-0.4, -0.2) is 61.2 Å². The van der Waals surface area contributed by atoms with Crippen LogP contribution >= 0.6 is 11.6 Å². The van der Waals surface area contributed by atoms with Gasteiger partial charge in [0, 0.05) is 10.6 Å². The third-order valence-corrected chi connectivity index (χ3v) is 4.77. The summed E-state index contributed by atoms with van der Waals surface area (Å²) in [4.78, 5) is 38.4. The number of methoxy groups -OCH3 is 2. The number of aliphatic hydroxyl groups excluding tert-OH is 1. The number of halogens is 4. The lowest BCUT2D eigenvalue weighted by Crippen LogP contribution is -2.45. The number of esters is 1. The molecule has 194 valence electrons. The van der Waals surface area contributed by atoms with E-state index in [1.54, 1.807) is 13.0 Å². The van der Waals surface area contributed by atoms with Gasteiger partial charge in [0.1, 0.15) is 12.5 Å². The zero-order valence-corrected chi connectivity index (χ0v) is 20.0. The van der Waals surface area contributed by atoms with Crippen LogP contribution in [0.25, 0.3) is 0 Å². The van der Waals surface area contributed by atoms with Gasteiger partial charge in [-0.2, -0.15) is 15.0 Å². The molecule has 0 heterocycles. The average Bonchev–Trinajstić information content (AvgIpc) is 2.84. The summed E-state index contributed by atoms with van der Waals surface area (Å²) in [5.74, 6) is -1.57. The van der Waals surface area contributed by atoms with Gasteiger partial charge in [-0.3, -0.25) is 0 Å². The van der Waals surface area contributed by atoms with E-state index in [1.165, 1.54) is 12.1 Å². The summed E-state index contributed by atoms with van der Waals surface area (Å²) in [6.07, 6.45) is -5.79. The number of carbonyl (C=O) groups excluding carboxylic acids is 3. The molecule has 0 atom stereocenters. The predicted molar refractivity (Wildman–Crippen MR) is 122 cm³/mol. The minimum absolute atomic E-state index is 0.240. The predicted octanol–water partition coefficient (Wildman–Crippen LogP) is 4.32. The number of urea groups is 1. The molecule has 0 aliphatic rings. The maximum Gasteiger partial charge on any atom is 0.573 e. The summed E-state index contributed by atoms with van der Waals surface area (Å²) >= 11 is 6.01. The second-order valence-electron chi connectivity index (χ2n) is 6.77. The van der Waals surface area contributed by atoms with Crippen LogP contribution in [0.2, 0.25) is 5.02 Å². The highest BCUT2D eigenvalue weighted by Crippen LogP contribution is 2.26. The molecule has 0 aliphatic carbocycles. The van der Waals surface area contributed by atoms with Crippen LogP contribution in [0.15, 0.2) is 47.6 Å². The lowest BCUT2D eigenvalue weighted by atomic mass is 10.0. The van der Waals surface area contributed by atoms with Crippen LogP contribution in [0.1, 0.15) is 18.1 Å². The van der Waals surface area contributed by atoms with Crippen molar-refractivity contribution in [2.75, 3.05) is 25.9 Å². The largest absolute Gasteiger partial charge is 0.573 e. The Labute approximate surface area is 208 Å². The van der Waals surface area contributed by atoms with Crippen molar-refractivity contribution in [3.8, 4) is 5.75 Å². The molecule has 1 N–H and O–H groups in total. The molecule has 0 fully saturated rings. The van der Waals surface area contributed by atoms with Crippen molar-refractivity contribution in [3.63, 3.8) is 0 Å². The Morgan fingerprint density at radius 2 is 1.69 bits per heavy atom. The van der Waals surface area contributed by atoms with Gasteiger partial charge < -0.3 is 19.3 Å². The monoisotopic (exact) mass is 531 g/mol. The summed E-state index contributed by atoms with van der Waals surface area (Å²) in [5, 5.41) is 14.5. The molecule has 0 bridgehead atoms. The molecule has 3 amide bonds. The Kier molecular flexibility index (Phi) is 9.64. The van der Waals surface area contributed by atoms with Gasteiger partial charge in [-0.25, -0.2) is 14.4 Å². The number of aryl methyl sites for hydroxylation is 1. The van der Waals surface area contributed by atoms with Crippen molar-refractivity contribution in [2.24, 2.45) is 5.10 Å². The van der Waals surface area contributed by atoms with Crippen LogP contribution in [0.4, 0.5) is 28.4 Å². The molecule has 0 aromatic heterocycles. The van der Waals surface area contributed by atoms with E-state index in [0.717, 1.165) is 38.5 Å². The van der Waals surface area contributed by atoms with E-state index in [9.17, 15) is 32.7 Å². The summed E-state index contributed by atoms with van der Waals surface area (Å²) in [7, 11) is 2.03. The van der Waals surface area contributed by atoms with E-state index in [1.807, 2.05) is 0 Å². The number of nitrogens with zero attached hydrogens (tertiary/aromatic N) is 3. The van der Waals surface area contributed by atoms with Crippen molar-refractivity contribution in [1.29, 1.82) is 0 Å². The zero-order chi connectivity index (χ0) is 27.0. The number of benzene rings is 2. The molecule has 36 heavy (non-hydrogen) atoms. The highest BCUT2D eigenvalue weighted by molar-refractivity contribution is 6.44. The fourth-order valence-electron chi connectivity index (χ4n) is 2.94.